The molecular formula is C26H24FN5O. The number of halogens is 1. The molecule has 1 heterocycles. The van der Waals surface area contributed by atoms with Gasteiger partial charge < -0.3 is 15.5 Å². The summed E-state index contributed by atoms with van der Waals surface area (Å²) in [6.07, 6.45) is 3.02. The van der Waals surface area contributed by atoms with E-state index >= 15 is 0 Å². The lowest BCUT2D eigenvalue weighted by molar-refractivity contribution is -0.111. The molecule has 1 amide bonds. The molecule has 0 unspecified atom stereocenters. The lowest BCUT2D eigenvalue weighted by Crippen LogP contribution is -2.19. The highest BCUT2D eigenvalue weighted by Gasteiger charge is 2.09. The van der Waals surface area contributed by atoms with Crippen molar-refractivity contribution in [2.45, 2.75) is 0 Å². The van der Waals surface area contributed by atoms with Gasteiger partial charge in [-0.05, 0) is 48.0 Å². The van der Waals surface area contributed by atoms with Crippen LogP contribution in [0.1, 0.15) is 0 Å². The van der Waals surface area contributed by atoms with E-state index in [2.05, 4.69) is 22.2 Å². The smallest absolute Gasteiger partial charge is 0.247 e. The molecule has 4 aromatic rings. The third-order valence-corrected chi connectivity index (χ3v) is 5.22. The van der Waals surface area contributed by atoms with E-state index < -0.39 is 6.67 Å². The Kier molecular flexibility index (Phi) is 6.59. The lowest BCUT2D eigenvalue weighted by Gasteiger charge is -2.17. The number of hydrogen-bond donors (Lipinski definition) is 2. The molecular weight excluding hydrogens is 417 g/mol. The van der Waals surface area contributed by atoms with Gasteiger partial charge in [-0.15, -0.1) is 0 Å². The van der Waals surface area contributed by atoms with Crippen LogP contribution in [-0.2, 0) is 4.79 Å². The molecule has 166 valence electrons. The number of nitrogens with one attached hydrogen (secondary N) is 2. The number of hydrogen-bond acceptors (Lipinski definition) is 5. The Labute approximate surface area is 191 Å². The standard InChI is InChI=1S/C26H24FN5O/c1-3-24(33)29-21-8-4-6-18(16-21)23-9-5-7-19-17-28-26(31-25(19)23)30-20-10-12-22(13-11-20)32(2)15-14-27/h3-13,16-17H,1,14-15H2,2H3,(H,29,33)(H,28,30,31). The number of carbonyl (C=O) groups is 1. The molecule has 0 aliphatic rings. The first-order valence-electron chi connectivity index (χ1n) is 10.5. The van der Waals surface area contributed by atoms with Crippen LogP contribution in [-0.4, -0.2) is 36.1 Å². The summed E-state index contributed by atoms with van der Waals surface area (Å²) in [6, 6.07) is 21.2. The molecule has 6 nitrogen and oxygen atoms in total. The predicted molar refractivity (Wildman–Crippen MR) is 133 cm³/mol. The van der Waals surface area contributed by atoms with Crippen LogP contribution < -0.4 is 15.5 Å². The topological polar surface area (TPSA) is 70.2 Å². The highest BCUT2D eigenvalue weighted by molar-refractivity contribution is 6.00. The maximum absolute atomic E-state index is 12.6. The maximum atomic E-state index is 12.6. The molecule has 0 radical (unpaired) electrons. The van der Waals surface area contributed by atoms with E-state index in [9.17, 15) is 9.18 Å². The van der Waals surface area contributed by atoms with Crippen molar-refractivity contribution < 1.29 is 9.18 Å². The molecule has 33 heavy (non-hydrogen) atoms. The van der Waals surface area contributed by atoms with Crippen molar-refractivity contribution in [3.05, 3.63) is 85.6 Å². The summed E-state index contributed by atoms with van der Waals surface area (Å²) in [5, 5.41) is 6.93. The number of amides is 1. The summed E-state index contributed by atoms with van der Waals surface area (Å²) in [5.74, 6) is 0.205. The Morgan fingerprint density at radius 2 is 1.88 bits per heavy atom. The van der Waals surface area contributed by atoms with Crippen molar-refractivity contribution in [1.82, 2.24) is 9.97 Å². The van der Waals surface area contributed by atoms with Crippen LogP contribution in [0.3, 0.4) is 0 Å². The van der Waals surface area contributed by atoms with Gasteiger partial charge in [0.1, 0.15) is 6.67 Å². The van der Waals surface area contributed by atoms with Crippen molar-refractivity contribution >= 4 is 39.8 Å². The molecule has 0 bridgehead atoms. The third-order valence-electron chi connectivity index (χ3n) is 5.22. The molecule has 3 aromatic carbocycles. The molecule has 0 saturated carbocycles. The number of anilines is 4. The van der Waals surface area contributed by atoms with Crippen molar-refractivity contribution in [3.63, 3.8) is 0 Å². The van der Waals surface area contributed by atoms with E-state index in [0.29, 0.717) is 18.2 Å². The number of benzene rings is 3. The molecule has 0 saturated heterocycles. The van der Waals surface area contributed by atoms with Crippen molar-refractivity contribution in [3.8, 4) is 11.1 Å². The van der Waals surface area contributed by atoms with Gasteiger partial charge in [-0.25, -0.2) is 14.4 Å². The van der Waals surface area contributed by atoms with E-state index in [1.165, 1.54) is 6.08 Å². The van der Waals surface area contributed by atoms with Crippen LogP contribution in [0.2, 0.25) is 0 Å². The number of aromatic nitrogens is 2. The number of fused-ring (bicyclic) bond motifs is 1. The van der Waals surface area contributed by atoms with Crippen molar-refractivity contribution in [1.29, 1.82) is 0 Å². The largest absolute Gasteiger partial charge is 0.372 e. The molecule has 2 N–H and O–H groups in total. The van der Waals surface area contributed by atoms with Gasteiger partial charge in [0.25, 0.3) is 0 Å². The normalized spacial score (nSPS) is 10.6. The zero-order valence-corrected chi connectivity index (χ0v) is 18.3. The third kappa shape index (κ3) is 5.15. The fourth-order valence-electron chi connectivity index (χ4n) is 3.49. The van der Waals surface area contributed by atoms with E-state index in [-0.39, 0.29) is 5.91 Å². The number of alkyl halides is 1. The summed E-state index contributed by atoms with van der Waals surface area (Å²) in [7, 11) is 1.85. The number of nitrogens with zero attached hydrogens (tertiary/aromatic N) is 3. The van der Waals surface area contributed by atoms with E-state index in [0.717, 1.165) is 33.4 Å². The first kappa shape index (κ1) is 22.0. The van der Waals surface area contributed by atoms with Gasteiger partial charge in [0, 0.05) is 47.8 Å². The number of rotatable bonds is 8. The molecule has 0 fully saturated rings. The van der Waals surface area contributed by atoms with Crippen LogP contribution in [0, 0.1) is 0 Å². The van der Waals surface area contributed by atoms with Crippen LogP contribution in [0.5, 0.6) is 0 Å². The minimum Gasteiger partial charge on any atom is -0.372 e. The summed E-state index contributed by atoms with van der Waals surface area (Å²) in [5.41, 5.74) is 5.09. The Hall–Kier alpha value is -4.26. The second kappa shape index (κ2) is 9.91. The SMILES string of the molecule is C=CC(=O)Nc1cccc(-c2cccc3cnc(Nc4ccc(N(C)CCF)cc4)nc23)c1. The predicted octanol–water partition coefficient (Wildman–Crippen LogP) is 5.57. The van der Waals surface area contributed by atoms with Gasteiger partial charge in [-0.2, -0.15) is 0 Å². The van der Waals surface area contributed by atoms with E-state index in [1.807, 2.05) is 78.7 Å². The summed E-state index contributed by atoms with van der Waals surface area (Å²) < 4.78 is 12.6. The number of carbonyl (C=O) groups excluding carboxylic acids is 1. The van der Waals surface area contributed by atoms with Gasteiger partial charge in [0.2, 0.25) is 11.9 Å². The zero-order valence-electron chi connectivity index (χ0n) is 18.3. The maximum Gasteiger partial charge on any atom is 0.247 e. The Bertz CT molecular complexity index is 1290. The first-order valence-corrected chi connectivity index (χ1v) is 10.5. The molecule has 0 atom stereocenters. The first-order chi connectivity index (χ1) is 16.1. The van der Waals surface area contributed by atoms with Crippen LogP contribution in [0.25, 0.3) is 22.0 Å². The summed E-state index contributed by atoms with van der Waals surface area (Å²) >= 11 is 0. The average molecular weight is 442 g/mol. The Balaban J connectivity index is 1.63. The molecule has 1 aromatic heterocycles. The second-order valence-corrected chi connectivity index (χ2v) is 7.49. The molecule has 0 spiro atoms. The summed E-state index contributed by atoms with van der Waals surface area (Å²) in [4.78, 5) is 22.7. The van der Waals surface area contributed by atoms with Crippen molar-refractivity contribution in [2.24, 2.45) is 0 Å². The van der Waals surface area contributed by atoms with Gasteiger partial charge in [-0.1, -0.05) is 36.9 Å². The van der Waals surface area contributed by atoms with Gasteiger partial charge in [-0.3, -0.25) is 4.79 Å². The molecule has 0 aliphatic carbocycles. The van der Waals surface area contributed by atoms with Crippen LogP contribution >= 0.6 is 0 Å². The quantitative estimate of drug-likeness (QED) is 0.350. The second-order valence-electron chi connectivity index (χ2n) is 7.49. The lowest BCUT2D eigenvalue weighted by atomic mass is 10.0. The fourth-order valence-corrected chi connectivity index (χ4v) is 3.49. The minimum atomic E-state index is -0.396. The fraction of sp³-hybridized carbons (Fsp3) is 0.115. The average Bonchev–Trinajstić information content (AvgIpc) is 2.84. The minimum absolute atomic E-state index is 0.263. The van der Waals surface area contributed by atoms with E-state index in [1.54, 1.807) is 6.20 Å². The summed E-state index contributed by atoms with van der Waals surface area (Å²) in [6.45, 7) is 3.44. The molecule has 7 heteroatoms. The zero-order chi connectivity index (χ0) is 23.2. The van der Waals surface area contributed by atoms with E-state index in [4.69, 9.17) is 4.98 Å². The monoisotopic (exact) mass is 441 g/mol. The van der Waals surface area contributed by atoms with Gasteiger partial charge in [0.15, 0.2) is 0 Å². The van der Waals surface area contributed by atoms with Gasteiger partial charge >= 0.3 is 0 Å². The Morgan fingerprint density at radius 3 is 2.64 bits per heavy atom. The highest BCUT2D eigenvalue weighted by atomic mass is 19.1. The highest BCUT2D eigenvalue weighted by Crippen LogP contribution is 2.30. The van der Waals surface area contributed by atoms with Crippen LogP contribution in [0.15, 0.2) is 85.6 Å². The number of para-hydroxylation sites is 1. The van der Waals surface area contributed by atoms with Crippen LogP contribution in [0.4, 0.5) is 27.4 Å². The Morgan fingerprint density at radius 1 is 1.09 bits per heavy atom. The van der Waals surface area contributed by atoms with Crippen molar-refractivity contribution in [2.75, 3.05) is 35.8 Å². The van der Waals surface area contributed by atoms with Gasteiger partial charge in [0.05, 0.1) is 5.52 Å². The molecule has 4 rings (SSSR count). The molecule has 0 aliphatic heterocycles.